The molecule has 2 saturated heterocycles. The number of hydrogen-bond acceptors (Lipinski definition) is 4. The number of nitrogens with zero attached hydrogens (tertiary/aromatic N) is 2. The monoisotopic (exact) mass is 308 g/mol. The van der Waals surface area contributed by atoms with E-state index in [0.29, 0.717) is 44.2 Å². The van der Waals surface area contributed by atoms with Crippen LogP contribution in [-0.2, 0) is 16.1 Å². The fourth-order valence-electron chi connectivity index (χ4n) is 3.16. The Morgan fingerprint density at radius 1 is 1.36 bits per heavy atom. The number of rotatable bonds is 3. The quantitative estimate of drug-likeness (QED) is 0.839. The molecule has 2 atom stereocenters. The van der Waals surface area contributed by atoms with Gasteiger partial charge in [0.1, 0.15) is 11.6 Å². The number of likely N-dealkylation sites (N-methyl/N-ethyl adjacent to an activating group) is 1. The second-order valence-corrected chi connectivity index (χ2v) is 5.99. The first kappa shape index (κ1) is 15.2. The molecule has 0 aliphatic carbocycles. The Kier molecular flexibility index (Phi) is 4.31. The van der Waals surface area contributed by atoms with Crippen LogP contribution in [0.4, 0.5) is 4.39 Å². The van der Waals surface area contributed by atoms with E-state index in [1.54, 1.807) is 24.1 Å². The highest BCUT2D eigenvalue weighted by atomic mass is 19.1. The molecule has 1 aromatic carbocycles. The Hall–Kier alpha value is -1.66. The minimum atomic E-state index is -0.244. The molecular weight excluding hydrogens is 287 g/mol. The summed E-state index contributed by atoms with van der Waals surface area (Å²) in [6.45, 7) is 2.73. The molecular formula is C16H21FN2O3. The van der Waals surface area contributed by atoms with Crippen molar-refractivity contribution in [3.63, 3.8) is 0 Å². The Labute approximate surface area is 129 Å². The highest BCUT2D eigenvalue weighted by Gasteiger charge is 2.37. The van der Waals surface area contributed by atoms with Crippen LogP contribution in [-0.4, -0.2) is 62.2 Å². The molecule has 0 unspecified atom stereocenters. The van der Waals surface area contributed by atoms with Gasteiger partial charge in [-0.15, -0.1) is 0 Å². The number of benzene rings is 1. The van der Waals surface area contributed by atoms with Gasteiger partial charge >= 0.3 is 0 Å². The molecule has 2 aliphatic heterocycles. The van der Waals surface area contributed by atoms with E-state index in [-0.39, 0.29) is 23.7 Å². The zero-order chi connectivity index (χ0) is 15.7. The van der Waals surface area contributed by atoms with Crippen LogP contribution < -0.4 is 4.74 Å². The predicted octanol–water partition coefficient (Wildman–Crippen LogP) is 1.12. The predicted molar refractivity (Wildman–Crippen MR) is 79.1 cm³/mol. The SMILES string of the molecule is COc1ccc(F)c(CN2C[C@@H]3COC[C@H](C2)N(C)C3=O)c1. The first-order valence-corrected chi connectivity index (χ1v) is 7.47. The molecule has 1 aromatic rings. The van der Waals surface area contributed by atoms with E-state index in [0.717, 1.165) is 0 Å². The Morgan fingerprint density at radius 2 is 2.18 bits per heavy atom. The molecule has 0 aromatic heterocycles. The number of halogens is 1. The zero-order valence-corrected chi connectivity index (χ0v) is 12.9. The lowest BCUT2D eigenvalue weighted by Crippen LogP contribution is -2.43. The number of carbonyl (C=O) groups is 1. The Balaban J connectivity index is 1.80. The molecule has 120 valence electrons. The third-order valence-corrected chi connectivity index (χ3v) is 4.47. The van der Waals surface area contributed by atoms with Crippen molar-refractivity contribution >= 4 is 5.91 Å². The minimum Gasteiger partial charge on any atom is -0.497 e. The van der Waals surface area contributed by atoms with Crippen LogP contribution in [0.25, 0.3) is 0 Å². The van der Waals surface area contributed by atoms with Crippen LogP contribution in [0.15, 0.2) is 18.2 Å². The van der Waals surface area contributed by atoms with Gasteiger partial charge in [-0.2, -0.15) is 0 Å². The van der Waals surface area contributed by atoms with Crippen LogP contribution in [0.2, 0.25) is 0 Å². The van der Waals surface area contributed by atoms with E-state index >= 15 is 0 Å². The van der Waals surface area contributed by atoms with Gasteiger partial charge in [0.2, 0.25) is 5.91 Å². The topological polar surface area (TPSA) is 42.0 Å². The van der Waals surface area contributed by atoms with Crippen molar-refractivity contribution in [2.75, 3.05) is 40.5 Å². The molecule has 5 nitrogen and oxygen atoms in total. The number of methoxy groups -OCH3 is 1. The molecule has 0 N–H and O–H groups in total. The molecule has 2 fully saturated rings. The van der Waals surface area contributed by atoms with Gasteiger partial charge in [0, 0.05) is 32.2 Å². The lowest BCUT2D eigenvalue weighted by atomic mass is 10.1. The Bertz CT molecular complexity index is 566. The molecule has 0 spiro atoms. The summed E-state index contributed by atoms with van der Waals surface area (Å²) >= 11 is 0. The van der Waals surface area contributed by atoms with E-state index in [4.69, 9.17) is 9.47 Å². The summed E-state index contributed by atoms with van der Waals surface area (Å²) < 4.78 is 24.8. The normalized spacial score (nSPS) is 26.0. The van der Waals surface area contributed by atoms with Crippen molar-refractivity contribution < 1.29 is 18.7 Å². The fourth-order valence-corrected chi connectivity index (χ4v) is 3.16. The molecule has 0 saturated carbocycles. The van der Waals surface area contributed by atoms with E-state index in [1.165, 1.54) is 6.07 Å². The highest BCUT2D eigenvalue weighted by molar-refractivity contribution is 5.79. The number of ether oxygens (including phenoxy) is 2. The van der Waals surface area contributed by atoms with Crippen molar-refractivity contribution in [1.29, 1.82) is 0 Å². The lowest BCUT2D eigenvalue weighted by Gasteiger charge is -2.29. The lowest BCUT2D eigenvalue weighted by molar-refractivity contribution is -0.133. The fraction of sp³-hybridized carbons (Fsp3) is 0.562. The maximum absolute atomic E-state index is 14.0. The average molecular weight is 308 g/mol. The number of amides is 1. The second kappa shape index (κ2) is 6.22. The maximum atomic E-state index is 14.0. The molecule has 3 rings (SSSR count). The Morgan fingerprint density at radius 3 is 2.95 bits per heavy atom. The largest absolute Gasteiger partial charge is 0.497 e. The molecule has 2 bridgehead atoms. The number of fused-ring (bicyclic) bond motifs is 3. The van der Waals surface area contributed by atoms with Crippen molar-refractivity contribution in [3.8, 4) is 5.75 Å². The molecule has 2 aliphatic rings. The van der Waals surface area contributed by atoms with E-state index in [1.807, 2.05) is 7.05 Å². The smallest absolute Gasteiger partial charge is 0.229 e. The summed E-state index contributed by atoms with van der Waals surface area (Å²) in [5, 5.41) is 0. The molecule has 22 heavy (non-hydrogen) atoms. The van der Waals surface area contributed by atoms with Gasteiger partial charge in [-0.3, -0.25) is 9.69 Å². The summed E-state index contributed by atoms with van der Waals surface area (Å²) in [5.74, 6) is 0.344. The van der Waals surface area contributed by atoms with Crippen molar-refractivity contribution in [3.05, 3.63) is 29.6 Å². The van der Waals surface area contributed by atoms with Crippen molar-refractivity contribution in [1.82, 2.24) is 9.80 Å². The number of carbonyl (C=O) groups excluding carboxylic acids is 1. The third-order valence-electron chi connectivity index (χ3n) is 4.47. The van der Waals surface area contributed by atoms with Gasteiger partial charge in [0.15, 0.2) is 0 Å². The van der Waals surface area contributed by atoms with Gasteiger partial charge in [-0.05, 0) is 18.2 Å². The average Bonchev–Trinajstić information content (AvgIpc) is 2.68. The summed E-state index contributed by atoms with van der Waals surface area (Å²) in [7, 11) is 3.39. The van der Waals surface area contributed by atoms with E-state index < -0.39 is 0 Å². The van der Waals surface area contributed by atoms with E-state index in [9.17, 15) is 9.18 Å². The molecule has 0 radical (unpaired) electrons. The van der Waals surface area contributed by atoms with Crippen LogP contribution in [0.5, 0.6) is 5.75 Å². The van der Waals surface area contributed by atoms with Crippen LogP contribution in [0.1, 0.15) is 5.56 Å². The van der Waals surface area contributed by atoms with E-state index in [2.05, 4.69) is 4.90 Å². The minimum absolute atomic E-state index is 0.0219. The third kappa shape index (κ3) is 2.94. The van der Waals surface area contributed by atoms with Crippen molar-refractivity contribution in [2.24, 2.45) is 5.92 Å². The van der Waals surface area contributed by atoms with Crippen molar-refractivity contribution in [2.45, 2.75) is 12.6 Å². The van der Waals surface area contributed by atoms with Crippen LogP contribution in [0, 0.1) is 11.7 Å². The zero-order valence-electron chi connectivity index (χ0n) is 12.9. The van der Waals surface area contributed by atoms with Gasteiger partial charge < -0.3 is 14.4 Å². The summed E-state index contributed by atoms with van der Waals surface area (Å²) in [6.07, 6.45) is 0. The molecule has 2 heterocycles. The second-order valence-electron chi connectivity index (χ2n) is 5.99. The van der Waals surface area contributed by atoms with Gasteiger partial charge in [0.05, 0.1) is 32.3 Å². The van der Waals surface area contributed by atoms with Crippen LogP contribution >= 0.6 is 0 Å². The molecule has 6 heteroatoms. The molecule has 1 amide bonds. The first-order chi connectivity index (χ1) is 10.6. The summed E-state index contributed by atoms with van der Waals surface area (Å²) in [4.78, 5) is 16.2. The number of hydrogen-bond donors (Lipinski definition) is 0. The summed E-state index contributed by atoms with van der Waals surface area (Å²) in [6, 6.07) is 4.78. The van der Waals surface area contributed by atoms with Gasteiger partial charge in [-0.1, -0.05) is 0 Å². The van der Waals surface area contributed by atoms with Gasteiger partial charge in [-0.25, -0.2) is 4.39 Å². The van der Waals surface area contributed by atoms with Gasteiger partial charge in [0.25, 0.3) is 0 Å². The first-order valence-electron chi connectivity index (χ1n) is 7.47. The summed E-state index contributed by atoms with van der Waals surface area (Å²) in [5.41, 5.74) is 0.593. The standard InChI is InChI=1S/C16H21FN2O3/c1-18-13-8-19(7-12(16(18)20)9-22-10-13)6-11-5-14(21-2)3-4-15(11)17/h3-5,12-13H,6-10H2,1-2H3/t12-,13+/m1/s1. The van der Waals surface area contributed by atoms with Crippen LogP contribution in [0.3, 0.4) is 0 Å². The maximum Gasteiger partial charge on any atom is 0.229 e. The highest BCUT2D eigenvalue weighted by Crippen LogP contribution is 2.23.